The number of aromatic nitrogens is 6. The van der Waals surface area contributed by atoms with Crippen LogP contribution >= 0.6 is 0 Å². The standard InChI is InChI=1S/C23H28F2N8O/c1-11-5-15(9-31(8-11)19-10-32(29-12(19)2)13(3)14(4)34)21-28-22-17-6-16(24)7-18(25)20(17)27-23(26)33(22)30-21/h6-7,10-11,13-15,34H,5,8-9H2,1-4H3,(H2,26,27). The fourth-order valence-corrected chi connectivity index (χ4v) is 4.79. The molecule has 3 aromatic heterocycles. The van der Waals surface area contributed by atoms with Gasteiger partial charge >= 0.3 is 0 Å². The molecule has 0 saturated carbocycles. The number of hydrogen-bond donors (Lipinski definition) is 2. The molecule has 34 heavy (non-hydrogen) atoms. The molecule has 4 unspecified atom stereocenters. The minimum atomic E-state index is -0.787. The molecule has 4 aromatic rings. The van der Waals surface area contributed by atoms with Gasteiger partial charge < -0.3 is 15.7 Å². The van der Waals surface area contributed by atoms with E-state index in [4.69, 9.17) is 5.73 Å². The van der Waals surface area contributed by atoms with Gasteiger partial charge in [-0.05, 0) is 39.2 Å². The molecule has 4 heterocycles. The van der Waals surface area contributed by atoms with Crippen molar-refractivity contribution in [2.45, 2.75) is 52.2 Å². The summed E-state index contributed by atoms with van der Waals surface area (Å²) in [4.78, 5) is 11.0. The molecule has 0 spiro atoms. The van der Waals surface area contributed by atoms with Gasteiger partial charge in [0.25, 0.3) is 0 Å². The van der Waals surface area contributed by atoms with Crippen LogP contribution in [0.15, 0.2) is 18.3 Å². The number of halogens is 2. The third kappa shape index (κ3) is 3.73. The molecular formula is C23H28F2N8O. The Kier molecular flexibility index (Phi) is 5.38. The van der Waals surface area contributed by atoms with Crippen LogP contribution < -0.4 is 10.6 Å². The van der Waals surface area contributed by atoms with Gasteiger partial charge in [-0.2, -0.15) is 9.61 Å². The van der Waals surface area contributed by atoms with Gasteiger partial charge in [-0.3, -0.25) is 4.68 Å². The van der Waals surface area contributed by atoms with Gasteiger partial charge in [-0.25, -0.2) is 18.7 Å². The zero-order valence-electron chi connectivity index (χ0n) is 19.6. The topological polar surface area (TPSA) is 110 Å². The monoisotopic (exact) mass is 470 g/mol. The van der Waals surface area contributed by atoms with Crippen LogP contribution in [0, 0.1) is 24.5 Å². The van der Waals surface area contributed by atoms with Gasteiger partial charge in [0.15, 0.2) is 17.3 Å². The highest BCUT2D eigenvalue weighted by atomic mass is 19.1. The summed E-state index contributed by atoms with van der Waals surface area (Å²) in [7, 11) is 0. The third-order valence-electron chi connectivity index (χ3n) is 6.71. The Hall–Kier alpha value is -3.34. The van der Waals surface area contributed by atoms with Crippen LogP contribution in [0.2, 0.25) is 0 Å². The van der Waals surface area contributed by atoms with Crippen molar-refractivity contribution >= 4 is 28.2 Å². The van der Waals surface area contributed by atoms with Crippen molar-refractivity contribution in [3.63, 3.8) is 0 Å². The van der Waals surface area contributed by atoms with E-state index < -0.39 is 17.7 Å². The molecule has 1 aliphatic rings. The predicted molar refractivity (Wildman–Crippen MR) is 125 cm³/mol. The van der Waals surface area contributed by atoms with Crippen molar-refractivity contribution in [2.24, 2.45) is 5.92 Å². The number of rotatable bonds is 4. The molecule has 9 nitrogen and oxygen atoms in total. The molecule has 0 amide bonds. The number of piperidine rings is 1. The van der Waals surface area contributed by atoms with E-state index >= 15 is 0 Å². The number of aliphatic hydroxyl groups excluding tert-OH is 1. The summed E-state index contributed by atoms with van der Waals surface area (Å²) < 4.78 is 31.4. The first-order valence-electron chi connectivity index (χ1n) is 11.4. The van der Waals surface area contributed by atoms with E-state index in [-0.39, 0.29) is 34.5 Å². The minimum Gasteiger partial charge on any atom is -0.391 e. The molecule has 0 bridgehead atoms. The van der Waals surface area contributed by atoms with E-state index in [9.17, 15) is 13.9 Å². The molecule has 0 radical (unpaired) electrons. The number of aliphatic hydroxyl groups is 1. The second-order valence-electron chi connectivity index (χ2n) is 9.46. The normalized spacial score (nSPS) is 20.9. The summed E-state index contributed by atoms with van der Waals surface area (Å²) >= 11 is 0. The van der Waals surface area contributed by atoms with Gasteiger partial charge in [-0.15, -0.1) is 5.10 Å². The lowest BCUT2D eigenvalue weighted by Crippen LogP contribution is -2.39. The van der Waals surface area contributed by atoms with Crippen LogP contribution in [-0.4, -0.2) is 53.7 Å². The highest BCUT2D eigenvalue weighted by Gasteiger charge is 2.31. The lowest BCUT2D eigenvalue weighted by Gasteiger charge is -2.36. The molecule has 180 valence electrons. The van der Waals surface area contributed by atoms with E-state index in [1.54, 1.807) is 11.6 Å². The number of benzene rings is 1. The number of nitrogen functional groups attached to an aromatic ring is 1. The third-order valence-corrected chi connectivity index (χ3v) is 6.71. The Labute approximate surface area is 195 Å². The van der Waals surface area contributed by atoms with E-state index in [0.717, 1.165) is 30.4 Å². The number of hydrogen-bond acceptors (Lipinski definition) is 7. The molecule has 3 N–H and O–H groups in total. The molecule has 4 atom stereocenters. The maximum Gasteiger partial charge on any atom is 0.223 e. The minimum absolute atomic E-state index is 0.00305. The van der Waals surface area contributed by atoms with Crippen molar-refractivity contribution in [2.75, 3.05) is 23.7 Å². The van der Waals surface area contributed by atoms with Gasteiger partial charge in [-0.1, -0.05) is 6.92 Å². The Balaban J connectivity index is 1.52. The number of aryl methyl sites for hydroxylation is 1. The Morgan fingerprint density at radius 3 is 2.65 bits per heavy atom. The summed E-state index contributed by atoms with van der Waals surface area (Å²) in [6, 6.07) is 1.84. The largest absolute Gasteiger partial charge is 0.391 e. The number of nitrogens with two attached hydrogens (primary N) is 1. The number of nitrogens with zero attached hydrogens (tertiary/aromatic N) is 7. The average Bonchev–Trinajstić information content (AvgIpc) is 3.38. The van der Waals surface area contributed by atoms with Crippen molar-refractivity contribution in [3.05, 3.63) is 41.5 Å². The molecule has 1 saturated heterocycles. The van der Waals surface area contributed by atoms with Crippen LogP contribution in [0.25, 0.3) is 16.6 Å². The smallest absolute Gasteiger partial charge is 0.223 e. The quantitative estimate of drug-likeness (QED) is 0.471. The highest BCUT2D eigenvalue weighted by Crippen LogP contribution is 2.34. The molecule has 1 aromatic carbocycles. The first kappa shape index (κ1) is 22.5. The Morgan fingerprint density at radius 2 is 1.91 bits per heavy atom. The number of fused-ring (bicyclic) bond motifs is 3. The Morgan fingerprint density at radius 1 is 1.15 bits per heavy atom. The SMILES string of the molecule is Cc1nn(C(C)C(C)O)cc1N1CC(C)CC(c2nc3c4cc(F)cc(F)c4nc(N)n3n2)C1. The van der Waals surface area contributed by atoms with Crippen LogP contribution in [-0.2, 0) is 0 Å². The van der Waals surface area contributed by atoms with Crippen LogP contribution in [0.3, 0.4) is 0 Å². The van der Waals surface area contributed by atoms with E-state index in [0.29, 0.717) is 18.3 Å². The van der Waals surface area contributed by atoms with Gasteiger partial charge in [0.2, 0.25) is 5.95 Å². The van der Waals surface area contributed by atoms with E-state index in [1.807, 2.05) is 20.0 Å². The van der Waals surface area contributed by atoms with Gasteiger partial charge in [0, 0.05) is 31.3 Å². The molecular weight excluding hydrogens is 442 g/mol. The number of anilines is 2. The van der Waals surface area contributed by atoms with Crippen LogP contribution in [0.5, 0.6) is 0 Å². The van der Waals surface area contributed by atoms with Gasteiger partial charge in [0.1, 0.15) is 11.3 Å². The zero-order valence-corrected chi connectivity index (χ0v) is 19.6. The average molecular weight is 471 g/mol. The summed E-state index contributed by atoms with van der Waals surface area (Å²) in [6.07, 6.45) is 2.31. The maximum atomic E-state index is 14.3. The summed E-state index contributed by atoms with van der Waals surface area (Å²) in [5.41, 5.74) is 8.19. The van der Waals surface area contributed by atoms with Crippen molar-refractivity contribution in [3.8, 4) is 0 Å². The lowest BCUT2D eigenvalue weighted by molar-refractivity contribution is 0.132. The first-order valence-corrected chi connectivity index (χ1v) is 11.4. The van der Waals surface area contributed by atoms with E-state index in [2.05, 4.69) is 32.0 Å². The fraction of sp³-hybridized carbons (Fsp3) is 0.478. The molecule has 5 rings (SSSR count). The van der Waals surface area contributed by atoms with Crippen molar-refractivity contribution in [1.82, 2.24) is 29.4 Å². The van der Waals surface area contributed by atoms with Crippen LogP contribution in [0.4, 0.5) is 20.4 Å². The first-order chi connectivity index (χ1) is 16.1. The van der Waals surface area contributed by atoms with Crippen molar-refractivity contribution < 1.29 is 13.9 Å². The fourth-order valence-electron chi connectivity index (χ4n) is 4.79. The molecule has 1 aliphatic heterocycles. The molecule has 1 fully saturated rings. The second-order valence-corrected chi connectivity index (χ2v) is 9.46. The van der Waals surface area contributed by atoms with Crippen molar-refractivity contribution in [1.29, 1.82) is 0 Å². The second kappa shape index (κ2) is 8.15. The maximum absolute atomic E-state index is 14.3. The van der Waals surface area contributed by atoms with E-state index in [1.165, 1.54) is 10.6 Å². The zero-order chi connectivity index (χ0) is 24.3. The lowest BCUT2D eigenvalue weighted by atomic mass is 9.89. The molecule has 11 heteroatoms. The molecule has 0 aliphatic carbocycles. The van der Waals surface area contributed by atoms with Gasteiger partial charge in [0.05, 0.1) is 28.9 Å². The predicted octanol–water partition coefficient (Wildman–Crippen LogP) is 3.21. The van der Waals surface area contributed by atoms with Crippen LogP contribution in [0.1, 0.15) is 50.7 Å². The highest BCUT2D eigenvalue weighted by molar-refractivity contribution is 5.92. The summed E-state index contributed by atoms with van der Waals surface area (Å²) in [6.45, 7) is 9.31. The summed E-state index contributed by atoms with van der Waals surface area (Å²) in [5.74, 6) is -0.608. The summed E-state index contributed by atoms with van der Waals surface area (Å²) in [5, 5.41) is 19.4. The Bertz CT molecular complexity index is 1380.